The maximum absolute atomic E-state index is 13.6. The number of ether oxygens (including phenoxy) is 2. The molecule has 152 valence electrons. The lowest BCUT2D eigenvalue weighted by atomic mass is 10.2. The molecular weight excluding hydrogens is 369 g/mol. The molecule has 0 amide bonds. The van der Waals surface area contributed by atoms with Crippen LogP contribution in [0.25, 0.3) is 5.69 Å². The zero-order valence-corrected chi connectivity index (χ0v) is 17.1. The molecular formula is C24H26FNO3. The molecule has 2 aromatic carbocycles. The van der Waals surface area contributed by atoms with Crippen molar-refractivity contribution in [3.05, 3.63) is 88.5 Å². The summed E-state index contributed by atoms with van der Waals surface area (Å²) in [5.74, 6) is -0.635. The van der Waals surface area contributed by atoms with Crippen LogP contribution in [0.3, 0.4) is 0 Å². The Kier molecular flexibility index (Phi) is 6.83. The number of nitrogens with zero attached hydrogens (tertiary/aromatic N) is 1. The van der Waals surface area contributed by atoms with Gasteiger partial charge in [-0.25, -0.2) is 9.18 Å². The number of aromatic nitrogens is 1. The largest absolute Gasteiger partial charge is 0.462 e. The Bertz CT molecular complexity index is 979. The molecule has 0 aliphatic rings. The first-order valence-corrected chi connectivity index (χ1v) is 9.77. The van der Waals surface area contributed by atoms with Crippen molar-refractivity contribution in [1.82, 2.24) is 4.57 Å². The van der Waals surface area contributed by atoms with Gasteiger partial charge in [-0.3, -0.25) is 0 Å². The number of carbonyl (C=O) groups excluding carboxylic acids is 1. The van der Waals surface area contributed by atoms with E-state index in [-0.39, 0.29) is 11.8 Å². The molecule has 4 nitrogen and oxygen atoms in total. The topological polar surface area (TPSA) is 40.5 Å². The van der Waals surface area contributed by atoms with Gasteiger partial charge in [-0.1, -0.05) is 30.3 Å². The molecule has 0 spiro atoms. The molecule has 0 bridgehead atoms. The van der Waals surface area contributed by atoms with Crippen molar-refractivity contribution < 1.29 is 18.7 Å². The smallest absolute Gasteiger partial charge is 0.339 e. The first-order chi connectivity index (χ1) is 14.0. The lowest BCUT2D eigenvalue weighted by Crippen LogP contribution is -2.09. The van der Waals surface area contributed by atoms with E-state index in [1.54, 1.807) is 13.0 Å². The highest BCUT2D eigenvalue weighted by Crippen LogP contribution is 2.25. The van der Waals surface area contributed by atoms with E-state index in [4.69, 9.17) is 9.47 Å². The summed E-state index contributed by atoms with van der Waals surface area (Å²) in [6.45, 7) is 6.86. The number of carbonyl (C=O) groups is 1. The standard InChI is InChI=1S/C24H26FNO3/c1-4-29-24(27)22-15-21(12-13-28-16-19-8-6-5-7-9-19)26(18(22)3)23-11-10-20(25)14-17(23)2/h5-11,14-15H,4,12-13,16H2,1-3H3. The Labute approximate surface area is 170 Å². The molecule has 0 saturated heterocycles. The SMILES string of the molecule is CCOC(=O)c1cc(CCOCc2ccccc2)n(-c2ccc(F)cc2C)c1C. The average Bonchev–Trinajstić information content (AvgIpc) is 3.03. The van der Waals surface area contributed by atoms with E-state index in [0.29, 0.717) is 31.8 Å². The summed E-state index contributed by atoms with van der Waals surface area (Å²) < 4.78 is 26.6. The number of benzene rings is 2. The van der Waals surface area contributed by atoms with Crippen molar-refractivity contribution in [3.63, 3.8) is 0 Å². The third kappa shape index (κ3) is 4.93. The predicted molar refractivity (Wildman–Crippen MR) is 111 cm³/mol. The monoisotopic (exact) mass is 395 g/mol. The van der Waals surface area contributed by atoms with Crippen LogP contribution >= 0.6 is 0 Å². The molecule has 0 saturated carbocycles. The summed E-state index contributed by atoms with van der Waals surface area (Å²) in [7, 11) is 0. The van der Waals surface area contributed by atoms with Crippen LogP contribution in [0.2, 0.25) is 0 Å². The van der Waals surface area contributed by atoms with Crippen LogP contribution in [-0.2, 0) is 22.5 Å². The van der Waals surface area contributed by atoms with Gasteiger partial charge in [0.1, 0.15) is 5.82 Å². The summed E-state index contributed by atoms with van der Waals surface area (Å²) in [5.41, 5.74) is 4.97. The molecule has 0 N–H and O–H groups in total. The number of aryl methyl sites for hydroxylation is 1. The van der Waals surface area contributed by atoms with Crippen LogP contribution in [0.15, 0.2) is 54.6 Å². The van der Waals surface area contributed by atoms with Gasteiger partial charge in [0.25, 0.3) is 0 Å². The highest BCUT2D eigenvalue weighted by atomic mass is 19.1. The number of hydrogen-bond donors (Lipinski definition) is 0. The van der Waals surface area contributed by atoms with Crippen molar-refractivity contribution >= 4 is 5.97 Å². The van der Waals surface area contributed by atoms with Crippen LogP contribution in [-0.4, -0.2) is 23.8 Å². The van der Waals surface area contributed by atoms with Crippen molar-refractivity contribution in [3.8, 4) is 5.69 Å². The summed E-state index contributed by atoms with van der Waals surface area (Å²) in [6, 6.07) is 16.5. The van der Waals surface area contributed by atoms with E-state index >= 15 is 0 Å². The van der Waals surface area contributed by atoms with Gasteiger partial charge in [-0.15, -0.1) is 0 Å². The minimum atomic E-state index is -0.352. The molecule has 0 unspecified atom stereocenters. The van der Waals surface area contributed by atoms with Crippen molar-refractivity contribution in [2.75, 3.05) is 13.2 Å². The first-order valence-electron chi connectivity index (χ1n) is 9.77. The number of hydrogen-bond acceptors (Lipinski definition) is 3. The Morgan fingerprint density at radius 2 is 1.83 bits per heavy atom. The molecule has 0 fully saturated rings. The predicted octanol–water partition coefficient (Wildman–Crippen LogP) is 5.17. The first kappa shape index (κ1) is 20.8. The summed E-state index contributed by atoms with van der Waals surface area (Å²) in [4.78, 5) is 12.4. The Morgan fingerprint density at radius 3 is 2.52 bits per heavy atom. The molecule has 3 rings (SSSR count). The lowest BCUT2D eigenvalue weighted by Gasteiger charge is -2.15. The van der Waals surface area contributed by atoms with Crippen molar-refractivity contribution in [2.45, 2.75) is 33.8 Å². The number of rotatable bonds is 8. The fourth-order valence-electron chi connectivity index (χ4n) is 3.42. The number of halogens is 1. The van der Waals surface area contributed by atoms with E-state index in [0.717, 1.165) is 28.2 Å². The number of esters is 1. The molecule has 1 aromatic heterocycles. The second-order valence-corrected chi connectivity index (χ2v) is 6.91. The van der Waals surface area contributed by atoms with E-state index < -0.39 is 0 Å². The van der Waals surface area contributed by atoms with Crippen molar-refractivity contribution in [1.29, 1.82) is 0 Å². The van der Waals surface area contributed by atoms with Gasteiger partial charge < -0.3 is 14.0 Å². The summed E-state index contributed by atoms with van der Waals surface area (Å²) in [6.07, 6.45) is 0.615. The Balaban J connectivity index is 1.85. The molecule has 1 heterocycles. The maximum atomic E-state index is 13.6. The molecule has 3 aromatic rings. The van der Waals surface area contributed by atoms with Gasteiger partial charge >= 0.3 is 5.97 Å². The van der Waals surface area contributed by atoms with Gasteiger partial charge in [0.2, 0.25) is 0 Å². The van der Waals surface area contributed by atoms with Gasteiger partial charge in [-0.2, -0.15) is 0 Å². The van der Waals surface area contributed by atoms with Crippen LogP contribution in [0, 0.1) is 19.7 Å². The second kappa shape index (κ2) is 9.52. The van der Waals surface area contributed by atoms with Gasteiger partial charge in [0.05, 0.1) is 25.4 Å². The highest BCUT2D eigenvalue weighted by molar-refractivity contribution is 5.91. The molecule has 5 heteroatoms. The summed E-state index contributed by atoms with van der Waals surface area (Å²) >= 11 is 0. The minimum Gasteiger partial charge on any atom is -0.462 e. The minimum absolute atomic E-state index is 0.283. The normalized spacial score (nSPS) is 10.9. The second-order valence-electron chi connectivity index (χ2n) is 6.91. The Morgan fingerprint density at radius 1 is 1.07 bits per heavy atom. The van der Waals surface area contributed by atoms with E-state index in [1.165, 1.54) is 12.1 Å². The molecule has 0 atom stereocenters. The van der Waals surface area contributed by atoms with E-state index in [9.17, 15) is 9.18 Å². The van der Waals surface area contributed by atoms with Gasteiger partial charge in [-0.05, 0) is 56.2 Å². The third-order valence-electron chi connectivity index (χ3n) is 4.83. The van der Waals surface area contributed by atoms with Crippen LogP contribution in [0.5, 0.6) is 0 Å². The third-order valence-corrected chi connectivity index (χ3v) is 4.83. The average molecular weight is 395 g/mol. The molecule has 0 aliphatic heterocycles. The Hall–Kier alpha value is -2.92. The fourth-order valence-corrected chi connectivity index (χ4v) is 3.42. The lowest BCUT2D eigenvalue weighted by molar-refractivity contribution is 0.0525. The van der Waals surface area contributed by atoms with Crippen molar-refractivity contribution in [2.24, 2.45) is 0 Å². The maximum Gasteiger partial charge on any atom is 0.339 e. The molecule has 0 aliphatic carbocycles. The van der Waals surface area contributed by atoms with E-state index in [2.05, 4.69) is 0 Å². The van der Waals surface area contributed by atoms with Crippen LogP contribution in [0.4, 0.5) is 4.39 Å². The molecule has 29 heavy (non-hydrogen) atoms. The summed E-state index contributed by atoms with van der Waals surface area (Å²) in [5, 5.41) is 0. The zero-order valence-electron chi connectivity index (χ0n) is 17.1. The van der Waals surface area contributed by atoms with E-state index in [1.807, 2.05) is 54.8 Å². The zero-order chi connectivity index (χ0) is 20.8. The van der Waals surface area contributed by atoms with Gasteiger partial charge in [0, 0.05) is 23.5 Å². The van der Waals surface area contributed by atoms with Crippen LogP contribution < -0.4 is 0 Å². The highest BCUT2D eigenvalue weighted by Gasteiger charge is 2.20. The molecule has 0 radical (unpaired) electrons. The van der Waals surface area contributed by atoms with Crippen LogP contribution in [0.1, 0.15) is 39.8 Å². The quantitative estimate of drug-likeness (QED) is 0.390. The van der Waals surface area contributed by atoms with Gasteiger partial charge in [0.15, 0.2) is 0 Å². The fraction of sp³-hybridized carbons (Fsp3) is 0.292.